The van der Waals surface area contributed by atoms with Crippen LogP contribution in [0.15, 0.2) is 47.4 Å². The van der Waals surface area contributed by atoms with E-state index in [-0.39, 0.29) is 25.4 Å². The first-order valence-corrected chi connectivity index (χ1v) is 7.19. The summed E-state index contributed by atoms with van der Waals surface area (Å²) >= 11 is 5.99. The predicted octanol–water partition coefficient (Wildman–Crippen LogP) is 1.99. The minimum Gasteiger partial charge on any atom is -0.389 e. The van der Waals surface area contributed by atoms with E-state index in [1.54, 1.807) is 18.2 Å². The second-order valence-corrected chi connectivity index (χ2v) is 5.30. The van der Waals surface area contributed by atoms with E-state index in [9.17, 15) is 20.0 Å². The van der Waals surface area contributed by atoms with Crippen LogP contribution < -0.4 is 5.56 Å². The Morgan fingerprint density at radius 1 is 1.30 bits per heavy atom. The van der Waals surface area contributed by atoms with Crippen LogP contribution in [0, 0.1) is 10.1 Å². The zero-order valence-electron chi connectivity index (χ0n) is 12.1. The molecule has 0 amide bonds. The molecule has 8 heteroatoms. The van der Waals surface area contributed by atoms with Crippen molar-refractivity contribution in [3.8, 4) is 0 Å². The molecule has 1 aromatic heterocycles. The first-order valence-electron chi connectivity index (χ1n) is 6.81. The second-order valence-electron chi connectivity index (χ2n) is 4.90. The number of aliphatic hydroxyl groups excluding tert-OH is 1. The summed E-state index contributed by atoms with van der Waals surface area (Å²) in [5.41, 5.74) is 0.142. The molecular formula is C15H15ClN2O5. The van der Waals surface area contributed by atoms with Gasteiger partial charge in [0.25, 0.3) is 11.2 Å². The average Bonchev–Trinajstić information content (AvgIpc) is 2.51. The molecule has 0 radical (unpaired) electrons. The molecule has 1 aromatic carbocycles. The van der Waals surface area contributed by atoms with Gasteiger partial charge in [-0.25, -0.2) is 0 Å². The summed E-state index contributed by atoms with van der Waals surface area (Å²) in [5.74, 6) is 0. The van der Waals surface area contributed by atoms with Gasteiger partial charge in [0.2, 0.25) is 0 Å². The van der Waals surface area contributed by atoms with E-state index < -0.39 is 16.6 Å². The fourth-order valence-electron chi connectivity index (χ4n) is 1.97. The van der Waals surface area contributed by atoms with Crippen LogP contribution in [-0.4, -0.2) is 27.3 Å². The van der Waals surface area contributed by atoms with Crippen molar-refractivity contribution in [1.29, 1.82) is 0 Å². The van der Waals surface area contributed by atoms with Gasteiger partial charge in [-0.2, -0.15) is 0 Å². The van der Waals surface area contributed by atoms with Crippen LogP contribution in [0.25, 0.3) is 0 Å². The fraction of sp³-hybridized carbons (Fsp3) is 0.267. The van der Waals surface area contributed by atoms with Crippen molar-refractivity contribution in [2.24, 2.45) is 0 Å². The Hall–Kier alpha value is -2.22. The standard InChI is InChI=1S/C15H15ClN2O5/c16-14-4-2-1-3-11(14)9-23-10-13(19)8-17-7-12(18(21)22)5-6-15(17)20/h1-7,13,19H,8-10H2. The number of nitro groups is 1. The summed E-state index contributed by atoms with van der Waals surface area (Å²) in [4.78, 5) is 21.7. The van der Waals surface area contributed by atoms with E-state index in [1.807, 2.05) is 6.07 Å². The number of nitrogens with zero attached hydrogens (tertiary/aromatic N) is 2. The number of halogens is 1. The number of hydrogen-bond acceptors (Lipinski definition) is 5. The Balaban J connectivity index is 1.91. The van der Waals surface area contributed by atoms with Crippen LogP contribution in [0.1, 0.15) is 5.56 Å². The van der Waals surface area contributed by atoms with Gasteiger partial charge in [-0.15, -0.1) is 0 Å². The predicted molar refractivity (Wildman–Crippen MR) is 84.5 cm³/mol. The summed E-state index contributed by atoms with van der Waals surface area (Å²) in [5, 5.41) is 21.2. The quantitative estimate of drug-likeness (QED) is 0.615. The Morgan fingerprint density at radius 3 is 2.74 bits per heavy atom. The summed E-state index contributed by atoms with van der Waals surface area (Å²) in [6.45, 7) is 0.101. The van der Waals surface area contributed by atoms with Gasteiger partial charge in [0.1, 0.15) is 0 Å². The molecule has 0 fully saturated rings. The number of aromatic nitrogens is 1. The molecule has 1 N–H and O–H groups in total. The number of rotatable bonds is 7. The molecule has 2 rings (SSSR count). The minimum absolute atomic E-state index is 0.0274. The summed E-state index contributed by atoms with van der Waals surface area (Å²) in [6, 6.07) is 9.38. The molecule has 122 valence electrons. The highest BCUT2D eigenvalue weighted by molar-refractivity contribution is 6.31. The van der Waals surface area contributed by atoms with Gasteiger partial charge in [-0.3, -0.25) is 14.9 Å². The van der Waals surface area contributed by atoms with Crippen LogP contribution in [0.5, 0.6) is 0 Å². The lowest BCUT2D eigenvalue weighted by Gasteiger charge is -2.13. The van der Waals surface area contributed by atoms with E-state index in [1.165, 1.54) is 0 Å². The molecule has 1 atom stereocenters. The molecule has 1 unspecified atom stereocenters. The van der Waals surface area contributed by atoms with Crippen molar-refractivity contribution in [1.82, 2.24) is 4.57 Å². The zero-order chi connectivity index (χ0) is 16.8. The van der Waals surface area contributed by atoms with Crippen molar-refractivity contribution in [2.45, 2.75) is 19.3 Å². The van der Waals surface area contributed by atoms with Gasteiger partial charge in [0.05, 0.1) is 37.0 Å². The number of aliphatic hydroxyl groups is 1. The smallest absolute Gasteiger partial charge is 0.285 e. The van der Waals surface area contributed by atoms with Crippen molar-refractivity contribution in [2.75, 3.05) is 6.61 Å². The molecule has 0 aliphatic carbocycles. The lowest BCUT2D eigenvalue weighted by Crippen LogP contribution is -2.28. The molecule has 23 heavy (non-hydrogen) atoms. The largest absolute Gasteiger partial charge is 0.389 e. The van der Waals surface area contributed by atoms with Gasteiger partial charge in [-0.05, 0) is 11.6 Å². The molecule has 0 aliphatic rings. The molecule has 0 bridgehead atoms. The number of hydrogen-bond donors (Lipinski definition) is 1. The van der Waals surface area contributed by atoms with E-state index in [4.69, 9.17) is 16.3 Å². The second kappa shape index (κ2) is 7.87. The third-order valence-corrected chi connectivity index (χ3v) is 3.48. The molecule has 0 saturated heterocycles. The maximum atomic E-state index is 11.6. The van der Waals surface area contributed by atoms with E-state index in [2.05, 4.69) is 0 Å². The summed E-state index contributed by atoms with van der Waals surface area (Å²) < 4.78 is 6.45. The van der Waals surface area contributed by atoms with Crippen LogP contribution in [0.2, 0.25) is 5.02 Å². The molecular weight excluding hydrogens is 324 g/mol. The molecule has 2 aromatic rings. The van der Waals surface area contributed by atoms with Crippen LogP contribution in [0.3, 0.4) is 0 Å². The minimum atomic E-state index is -0.975. The SMILES string of the molecule is O=c1ccc([N+](=O)[O-])cn1CC(O)COCc1ccccc1Cl. The summed E-state index contributed by atoms with van der Waals surface area (Å²) in [6.07, 6.45) is 0.122. The average molecular weight is 339 g/mol. The third-order valence-electron chi connectivity index (χ3n) is 3.11. The van der Waals surface area contributed by atoms with Crippen LogP contribution in [-0.2, 0) is 17.9 Å². The maximum Gasteiger partial charge on any atom is 0.285 e. The highest BCUT2D eigenvalue weighted by Gasteiger charge is 2.12. The number of benzene rings is 1. The molecule has 0 saturated carbocycles. The van der Waals surface area contributed by atoms with Crippen molar-refractivity contribution < 1.29 is 14.8 Å². The molecule has 0 aliphatic heterocycles. The van der Waals surface area contributed by atoms with E-state index in [0.717, 1.165) is 28.5 Å². The molecule has 7 nitrogen and oxygen atoms in total. The fourth-order valence-corrected chi connectivity index (χ4v) is 2.16. The van der Waals surface area contributed by atoms with Crippen molar-refractivity contribution in [3.05, 3.63) is 73.6 Å². The Labute approximate surface area is 136 Å². The Bertz CT molecular complexity index is 747. The topological polar surface area (TPSA) is 94.6 Å². The lowest BCUT2D eigenvalue weighted by molar-refractivity contribution is -0.385. The lowest BCUT2D eigenvalue weighted by atomic mass is 10.2. The highest BCUT2D eigenvalue weighted by Crippen LogP contribution is 2.15. The van der Waals surface area contributed by atoms with E-state index >= 15 is 0 Å². The third kappa shape index (κ3) is 4.88. The maximum absolute atomic E-state index is 11.6. The molecule has 1 heterocycles. The number of ether oxygens (including phenoxy) is 1. The monoisotopic (exact) mass is 338 g/mol. The van der Waals surface area contributed by atoms with Gasteiger partial charge >= 0.3 is 0 Å². The zero-order valence-corrected chi connectivity index (χ0v) is 12.8. The van der Waals surface area contributed by atoms with Gasteiger partial charge in [0, 0.05) is 17.2 Å². The van der Waals surface area contributed by atoms with Gasteiger partial charge in [0.15, 0.2) is 0 Å². The van der Waals surface area contributed by atoms with E-state index in [0.29, 0.717) is 5.02 Å². The van der Waals surface area contributed by atoms with Gasteiger partial charge in [-0.1, -0.05) is 29.8 Å². The number of pyridine rings is 1. The highest BCUT2D eigenvalue weighted by atomic mass is 35.5. The van der Waals surface area contributed by atoms with Gasteiger partial charge < -0.3 is 14.4 Å². The Morgan fingerprint density at radius 2 is 2.04 bits per heavy atom. The van der Waals surface area contributed by atoms with Crippen LogP contribution >= 0.6 is 11.6 Å². The first-order chi connectivity index (χ1) is 11.0. The normalized spacial score (nSPS) is 12.1. The van der Waals surface area contributed by atoms with Crippen molar-refractivity contribution in [3.63, 3.8) is 0 Å². The van der Waals surface area contributed by atoms with Crippen molar-refractivity contribution >= 4 is 17.3 Å². The summed E-state index contributed by atoms with van der Waals surface area (Å²) in [7, 11) is 0. The Kier molecular flexibility index (Phi) is 5.86. The molecule has 0 spiro atoms. The van der Waals surface area contributed by atoms with Crippen LogP contribution in [0.4, 0.5) is 5.69 Å². The first kappa shape index (κ1) is 17.1.